The van der Waals surface area contributed by atoms with Gasteiger partial charge in [0.05, 0.1) is 5.52 Å². The van der Waals surface area contributed by atoms with E-state index in [1.54, 1.807) is 0 Å². The Hall–Kier alpha value is -1.28. The molecule has 0 saturated heterocycles. The summed E-state index contributed by atoms with van der Waals surface area (Å²) < 4.78 is 2.44. The predicted molar refractivity (Wildman–Crippen MR) is 88.0 cm³/mol. The highest BCUT2D eigenvalue weighted by atomic mass is 15.0. The van der Waals surface area contributed by atoms with E-state index < -0.39 is 0 Å². The second kappa shape index (κ2) is 7.49. The maximum Gasteiger partial charge on any atom is 0.0525 e. The number of hydrogen-bond donors (Lipinski definition) is 1. The number of nitrogens with zero attached hydrogens (tertiary/aromatic N) is 1. The smallest absolute Gasteiger partial charge is 0.0525 e. The van der Waals surface area contributed by atoms with Gasteiger partial charge in [-0.15, -0.1) is 0 Å². The summed E-state index contributed by atoms with van der Waals surface area (Å²) in [5.41, 5.74) is 2.84. The molecule has 20 heavy (non-hydrogen) atoms. The Morgan fingerprint density at radius 3 is 2.75 bits per heavy atom. The van der Waals surface area contributed by atoms with E-state index in [4.69, 9.17) is 0 Å². The Kier molecular flexibility index (Phi) is 5.66. The average Bonchev–Trinajstić information content (AvgIpc) is 2.83. The Bertz CT molecular complexity index is 527. The summed E-state index contributed by atoms with van der Waals surface area (Å²) in [5.74, 6) is 0.743. The second-order valence-corrected chi connectivity index (χ2v) is 5.89. The molecule has 1 heterocycles. The van der Waals surface area contributed by atoms with E-state index in [1.165, 1.54) is 35.7 Å². The van der Waals surface area contributed by atoms with Gasteiger partial charge >= 0.3 is 0 Å². The number of fused-ring (bicyclic) bond motifs is 1. The van der Waals surface area contributed by atoms with E-state index in [9.17, 15) is 0 Å². The molecule has 0 aliphatic carbocycles. The van der Waals surface area contributed by atoms with Crippen LogP contribution in [0.3, 0.4) is 0 Å². The summed E-state index contributed by atoms with van der Waals surface area (Å²) in [6.45, 7) is 10.0. The molecule has 1 unspecified atom stereocenters. The second-order valence-electron chi connectivity index (χ2n) is 5.89. The molecule has 0 fully saturated rings. The zero-order chi connectivity index (χ0) is 14.4. The van der Waals surface area contributed by atoms with Gasteiger partial charge in [0.15, 0.2) is 0 Å². The number of hydrogen-bond acceptors (Lipinski definition) is 1. The Labute approximate surface area is 123 Å². The SMILES string of the molecule is CCCNCc1cccc2ccn(CC(C)CCC)c12. The first-order valence-electron chi connectivity index (χ1n) is 8.03. The molecule has 2 rings (SSSR count). The lowest BCUT2D eigenvalue weighted by Gasteiger charge is -2.15. The molecule has 2 nitrogen and oxygen atoms in total. The van der Waals surface area contributed by atoms with Crippen LogP contribution in [0.1, 0.15) is 45.6 Å². The molecule has 1 aromatic carbocycles. The average molecular weight is 272 g/mol. The van der Waals surface area contributed by atoms with E-state index in [0.29, 0.717) is 0 Å². The van der Waals surface area contributed by atoms with Crippen molar-refractivity contribution in [1.29, 1.82) is 0 Å². The van der Waals surface area contributed by atoms with Crippen molar-refractivity contribution in [3.8, 4) is 0 Å². The summed E-state index contributed by atoms with van der Waals surface area (Å²) in [4.78, 5) is 0. The molecule has 1 atom stereocenters. The van der Waals surface area contributed by atoms with Crippen LogP contribution >= 0.6 is 0 Å². The van der Waals surface area contributed by atoms with Gasteiger partial charge in [0.1, 0.15) is 0 Å². The summed E-state index contributed by atoms with van der Waals surface area (Å²) in [6, 6.07) is 8.90. The van der Waals surface area contributed by atoms with Gasteiger partial charge in [-0.1, -0.05) is 45.4 Å². The predicted octanol–water partition coefficient (Wildman–Crippen LogP) is 4.58. The molecule has 110 valence electrons. The van der Waals surface area contributed by atoms with Crippen molar-refractivity contribution in [2.45, 2.75) is 53.1 Å². The normalized spacial score (nSPS) is 12.9. The molecule has 0 amide bonds. The fourth-order valence-electron chi connectivity index (χ4n) is 2.96. The third-order valence-electron chi connectivity index (χ3n) is 3.90. The van der Waals surface area contributed by atoms with Crippen LogP contribution in [0.2, 0.25) is 0 Å². The molecule has 2 aromatic rings. The standard InChI is InChI=1S/C18H28N2/c1-4-7-15(3)14-20-12-10-16-8-6-9-17(18(16)20)13-19-11-5-2/h6,8-10,12,15,19H,4-5,7,11,13-14H2,1-3H3. The summed E-state index contributed by atoms with van der Waals surface area (Å²) >= 11 is 0. The third-order valence-corrected chi connectivity index (χ3v) is 3.90. The summed E-state index contributed by atoms with van der Waals surface area (Å²) in [7, 11) is 0. The Balaban J connectivity index is 2.21. The highest BCUT2D eigenvalue weighted by Gasteiger charge is 2.09. The largest absolute Gasteiger partial charge is 0.347 e. The van der Waals surface area contributed by atoms with Gasteiger partial charge in [0.2, 0.25) is 0 Å². The van der Waals surface area contributed by atoms with E-state index in [2.05, 4.69) is 61.1 Å². The van der Waals surface area contributed by atoms with Gasteiger partial charge in [0, 0.05) is 19.3 Å². The first-order chi connectivity index (χ1) is 9.76. The number of benzene rings is 1. The summed E-state index contributed by atoms with van der Waals surface area (Å²) in [6.07, 6.45) is 6.01. The minimum absolute atomic E-state index is 0.743. The highest BCUT2D eigenvalue weighted by Crippen LogP contribution is 2.22. The molecule has 0 saturated carbocycles. The maximum atomic E-state index is 3.53. The molecule has 0 bridgehead atoms. The molecular weight excluding hydrogens is 244 g/mol. The van der Waals surface area contributed by atoms with E-state index in [0.717, 1.165) is 25.6 Å². The highest BCUT2D eigenvalue weighted by molar-refractivity contribution is 5.83. The topological polar surface area (TPSA) is 17.0 Å². The molecule has 0 spiro atoms. The third kappa shape index (κ3) is 3.63. The van der Waals surface area contributed by atoms with Crippen LogP contribution in [0.5, 0.6) is 0 Å². The van der Waals surface area contributed by atoms with Crippen LogP contribution in [0.15, 0.2) is 30.5 Å². The van der Waals surface area contributed by atoms with Crippen molar-refractivity contribution in [2.75, 3.05) is 6.54 Å². The molecule has 1 N–H and O–H groups in total. The number of nitrogens with one attached hydrogen (secondary N) is 1. The molecule has 1 aromatic heterocycles. The fraction of sp³-hybridized carbons (Fsp3) is 0.556. The number of para-hydroxylation sites is 1. The lowest BCUT2D eigenvalue weighted by Crippen LogP contribution is -2.15. The van der Waals surface area contributed by atoms with E-state index in [-0.39, 0.29) is 0 Å². The van der Waals surface area contributed by atoms with Crippen LogP contribution in [-0.4, -0.2) is 11.1 Å². The maximum absolute atomic E-state index is 3.53. The van der Waals surface area contributed by atoms with Crippen LogP contribution < -0.4 is 5.32 Å². The van der Waals surface area contributed by atoms with Crippen molar-refractivity contribution >= 4 is 10.9 Å². The number of aromatic nitrogens is 1. The molecule has 2 heteroatoms. The Morgan fingerprint density at radius 2 is 2.00 bits per heavy atom. The fourth-order valence-corrected chi connectivity index (χ4v) is 2.96. The van der Waals surface area contributed by atoms with Gasteiger partial charge < -0.3 is 9.88 Å². The van der Waals surface area contributed by atoms with E-state index >= 15 is 0 Å². The van der Waals surface area contributed by atoms with Crippen LogP contribution in [-0.2, 0) is 13.1 Å². The van der Waals surface area contributed by atoms with Gasteiger partial charge in [-0.25, -0.2) is 0 Å². The lowest BCUT2D eigenvalue weighted by molar-refractivity contribution is 0.453. The first-order valence-corrected chi connectivity index (χ1v) is 8.03. The summed E-state index contributed by atoms with van der Waals surface area (Å²) in [5, 5.41) is 4.89. The molecule has 0 aliphatic heterocycles. The molecule has 0 aliphatic rings. The van der Waals surface area contributed by atoms with Gasteiger partial charge in [0.25, 0.3) is 0 Å². The zero-order valence-corrected chi connectivity index (χ0v) is 13.2. The zero-order valence-electron chi connectivity index (χ0n) is 13.2. The first kappa shape index (κ1) is 15.1. The minimum Gasteiger partial charge on any atom is -0.347 e. The van der Waals surface area contributed by atoms with E-state index in [1.807, 2.05) is 0 Å². The van der Waals surface area contributed by atoms with Crippen molar-refractivity contribution in [1.82, 2.24) is 9.88 Å². The van der Waals surface area contributed by atoms with Gasteiger partial charge in [-0.3, -0.25) is 0 Å². The van der Waals surface area contributed by atoms with Crippen molar-refractivity contribution in [3.63, 3.8) is 0 Å². The minimum atomic E-state index is 0.743. The van der Waals surface area contributed by atoms with Crippen LogP contribution in [0.4, 0.5) is 0 Å². The van der Waals surface area contributed by atoms with Gasteiger partial charge in [-0.2, -0.15) is 0 Å². The molecule has 0 radical (unpaired) electrons. The lowest BCUT2D eigenvalue weighted by atomic mass is 10.1. The quantitative estimate of drug-likeness (QED) is 0.696. The Morgan fingerprint density at radius 1 is 1.15 bits per heavy atom. The van der Waals surface area contributed by atoms with Crippen LogP contribution in [0, 0.1) is 5.92 Å². The molecular formula is C18H28N2. The monoisotopic (exact) mass is 272 g/mol. The number of rotatable bonds is 8. The van der Waals surface area contributed by atoms with Crippen molar-refractivity contribution in [2.24, 2.45) is 5.92 Å². The van der Waals surface area contributed by atoms with Crippen molar-refractivity contribution in [3.05, 3.63) is 36.0 Å². The van der Waals surface area contributed by atoms with Crippen LogP contribution in [0.25, 0.3) is 10.9 Å². The van der Waals surface area contributed by atoms with Crippen molar-refractivity contribution < 1.29 is 0 Å². The van der Waals surface area contributed by atoms with Gasteiger partial charge in [-0.05, 0) is 42.3 Å².